The van der Waals surface area contributed by atoms with Crippen molar-refractivity contribution in [3.05, 3.63) is 70.1 Å². The monoisotopic (exact) mass is 390 g/mol. The topological polar surface area (TPSA) is 59.8 Å². The lowest BCUT2D eigenvalue weighted by Gasteiger charge is -2.11. The molecule has 3 aromatic rings. The Kier molecular flexibility index (Phi) is 3.96. The molecule has 21 heavy (non-hydrogen) atoms. The van der Waals surface area contributed by atoms with Crippen LogP contribution in [0.3, 0.4) is 0 Å². The van der Waals surface area contributed by atoms with Crippen LogP contribution in [0.2, 0.25) is 0 Å². The molecule has 0 aliphatic carbocycles. The minimum absolute atomic E-state index is 0.146. The van der Waals surface area contributed by atoms with Crippen molar-refractivity contribution in [2.45, 2.75) is 0 Å². The summed E-state index contributed by atoms with van der Waals surface area (Å²) >= 11 is 2.15. The van der Waals surface area contributed by atoms with E-state index >= 15 is 0 Å². The quantitative estimate of drug-likeness (QED) is 0.700. The van der Waals surface area contributed by atoms with E-state index in [-0.39, 0.29) is 5.91 Å². The third kappa shape index (κ3) is 2.94. The van der Waals surface area contributed by atoms with Gasteiger partial charge in [-0.3, -0.25) is 4.79 Å². The van der Waals surface area contributed by atoms with Crippen LogP contribution in [-0.2, 0) is 0 Å². The van der Waals surface area contributed by atoms with Crippen LogP contribution in [0.4, 0.5) is 5.69 Å². The first kappa shape index (κ1) is 13.7. The predicted molar refractivity (Wildman–Crippen MR) is 88.5 cm³/mol. The van der Waals surface area contributed by atoms with Crippen molar-refractivity contribution < 1.29 is 4.79 Å². The van der Waals surface area contributed by atoms with E-state index < -0.39 is 0 Å². The second kappa shape index (κ2) is 6.04. The molecule has 0 aliphatic rings. The zero-order chi connectivity index (χ0) is 14.7. The molecule has 0 radical (unpaired) electrons. The van der Waals surface area contributed by atoms with Gasteiger partial charge in [-0.25, -0.2) is 4.68 Å². The van der Waals surface area contributed by atoms with Crippen molar-refractivity contribution in [2.75, 3.05) is 5.32 Å². The van der Waals surface area contributed by atoms with Gasteiger partial charge < -0.3 is 5.32 Å². The molecule has 0 saturated heterocycles. The Bertz CT molecular complexity index is 771. The van der Waals surface area contributed by atoms with Gasteiger partial charge in [0.1, 0.15) is 0 Å². The highest BCUT2D eigenvalue weighted by atomic mass is 127. The number of nitrogens with one attached hydrogen (secondary N) is 1. The highest BCUT2D eigenvalue weighted by molar-refractivity contribution is 14.1. The molecule has 1 heterocycles. The predicted octanol–water partition coefficient (Wildman–Crippen LogP) is 3.12. The molecule has 5 nitrogen and oxygen atoms in total. The second-order valence-electron chi connectivity index (χ2n) is 4.30. The summed E-state index contributed by atoms with van der Waals surface area (Å²) in [4.78, 5) is 12.4. The third-order valence-corrected chi connectivity index (χ3v) is 3.88. The minimum Gasteiger partial charge on any atom is -0.320 e. The fourth-order valence-corrected chi connectivity index (χ4v) is 2.58. The van der Waals surface area contributed by atoms with Crippen LogP contribution < -0.4 is 5.32 Å². The molecule has 0 bridgehead atoms. The highest BCUT2D eigenvalue weighted by Crippen LogP contribution is 2.20. The van der Waals surface area contributed by atoms with E-state index in [0.717, 1.165) is 9.26 Å². The van der Waals surface area contributed by atoms with Crippen LogP contribution in [-0.4, -0.2) is 20.9 Å². The molecule has 0 atom stereocenters. The number of hydrogen-bond donors (Lipinski definition) is 1. The summed E-state index contributed by atoms with van der Waals surface area (Å²) in [6.07, 6.45) is 3.33. The molecule has 0 unspecified atom stereocenters. The molecule has 104 valence electrons. The molecule has 3 rings (SSSR count). The second-order valence-corrected chi connectivity index (χ2v) is 5.46. The summed E-state index contributed by atoms with van der Waals surface area (Å²) in [5, 5.41) is 10.7. The molecule has 0 fully saturated rings. The first-order valence-corrected chi connectivity index (χ1v) is 7.35. The van der Waals surface area contributed by atoms with Gasteiger partial charge in [0.25, 0.3) is 5.91 Å². The molecule has 0 saturated carbocycles. The lowest BCUT2D eigenvalue weighted by molar-refractivity contribution is 0.102. The Morgan fingerprint density at radius 1 is 1.10 bits per heavy atom. The lowest BCUT2D eigenvalue weighted by Crippen LogP contribution is -2.15. The van der Waals surface area contributed by atoms with Gasteiger partial charge in [0.15, 0.2) is 0 Å². The third-order valence-electron chi connectivity index (χ3n) is 2.94. The van der Waals surface area contributed by atoms with Crippen molar-refractivity contribution >= 4 is 34.2 Å². The van der Waals surface area contributed by atoms with Gasteiger partial charge in [-0.1, -0.05) is 29.5 Å². The number of anilines is 1. The average Bonchev–Trinajstić information content (AvgIpc) is 3.02. The molecular formula is C15H11IN4O. The number of aromatic nitrogens is 3. The highest BCUT2D eigenvalue weighted by Gasteiger charge is 2.12. The van der Waals surface area contributed by atoms with Crippen LogP contribution in [0.15, 0.2) is 60.9 Å². The van der Waals surface area contributed by atoms with Crippen LogP contribution in [0.5, 0.6) is 0 Å². The van der Waals surface area contributed by atoms with E-state index in [1.807, 2.05) is 42.5 Å². The summed E-state index contributed by atoms with van der Waals surface area (Å²) in [6.45, 7) is 0. The number of hydrogen-bond acceptors (Lipinski definition) is 3. The van der Waals surface area contributed by atoms with Crippen LogP contribution in [0.25, 0.3) is 5.69 Å². The fraction of sp³-hybridized carbons (Fsp3) is 0. The van der Waals surface area contributed by atoms with Crippen LogP contribution in [0, 0.1) is 3.57 Å². The van der Waals surface area contributed by atoms with Crippen molar-refractivity contribution in [1.29, 1.82) is 0 Å². The number of para-hydroxylation sites is 2. The van der Waals surface area contributed by atoms with Gasteiger partial charge in [-0.15, -0.1) is 5.10 Å². The van der Waals surface area contributed by atoms with Crippen molar-refractivity contribution in [3.63, 3.8) is 0 Å². The number of rotatable bonds is 3. The Morgan fingerprint density at radius 2 is 1.86 bits per heavy atom. The number of carbonyl (C=O) groups excluding carboxylic acids is 1. The van der Waals surface area contributed by atoms with Crippen LogP contribution >= 0.6 is 22.6 Å². The zero-order valence-electron chi connectivity index (χ0n) is 10.9. The Hall–Kier alpha value is -2.22. The zero-order valence-corrected chi connectivity index (χ0v) is 13.1. The van der Waals surface area contributed by atoms with Gasteiger partial charge in [-0.2, -0.15) is 0 Å². The number of halogens is 1. The normalized spacial score (nSPS) is 10.3. The summed E-state index contributed by atoms with van der Waals surface area (Å²) < 4.78 is 2.52. The summed E-state index contributed by atoms with van der Waals surface area (Å²) in [6, 6.07) is 14.9. The Labute approximate surface area is 135 Å². The Morgan fingerprint density at radius 3 is 2.62 bits per heavy atom. The molecule has 0 aliphatic heterocycles. The van der Waals surface area contributed by atoms with Crippen molar-refractivity contribution in [3.8, 4) is 5.69 Å². The molecule has 6 heteroatoms. The first-order chi connectivity index (χ1) is 10.3. The van der Waals surface area contributed by atoms with E-state index in [9.17, 15) is 4.79 Å². The summed E-state index contributed by atoms with van der Waals surface area (Å²) in [5.41, 5.74) is 2.11. The van der Waals surface area contributed by atoms with Gasteiger partial charge in [0, 0.05) is 3.57 Å². The Balaban J connectivity index is 1.93. The molecule has 1 aromatic heterocycles. The van der Waals surface area contributed by atoms with E-state index in [1.165, 1.54) is 0 Å². The van der Waals surface area contributed by atoms with Gasteiger partial charge in [-0.05, 0) is 46.9 Å². The molecule has 1 N–H and O–H groups in total. The molecule has 0 spiro atoms. The molecule has 1 amide bonds. The van der Waals surface area contributed by atoms with E-state index in [1.54, 1.807) is 23.1 Å². The SMILES string of the molecule is O=C(Nc1ccccc1-n1ccnn1)c1ccccc1I. The summed E-state index contributed by atoms with van der Waals surface area (Å²) in [7, 11) is 0. The summed E-state index contributed by atoms with van der Waals surface area (Å²) in [5.74, 6) is -0.146. The van der Waals surface area contributed by atoms with Gasteiger partial charge in [0.05, 0.1) is 29.3 Å². The molecular weight excluding hydrogens is 379 g/mol. The number of amides is 1. The van der Waals surface area contributed by atoms with E-state index in [4.69, 9.17) is 0 Å². The van der Waals surface area contributed by atoms with Crippen LogP contribution in [0.1, 0.15) is 10.4 Å². The van der Waals surface area contributed by atoms with E-state index in [0.29, 0.717) is 11.3 Å². The maximum absolute atomic E-state index is 12.4. The minimum atomic E-state index is -0.146. The lowest BCUT2D eigenvalue weighted by atomic mass is 10.2. The van der Waals surface area contributed by atoms with Gasteiger partial charge in [0.2, 0.25) is 0 Å². The maximum atomic E-state index is 12.4. The maximum Gasteiger partial charge on any atom is 0.256 e. The van der Waals surface area contributed by atoms with Crippen molar-refractivity contribution in [1.82, 2.24) is 15.0 Å². The first-order valence-electron chi connectivity index (χ1n) is 6.27. The number of carbonyl (C=O) groups is 1. The van der Waals surface area contributed by atoms with E-state index in [2.05, 4.69) is 38.2 Å². The largest absolute Gasteiger partial charge is 0.320 e. The standard InChI is InChI=1S/C15H11IN4O/c16-12-6-2-1-5-11(12)15(21)18-13-7-3-4-8-14(13)20-10-9-17-19-20/h1-10H,(H,18,21). The number of nitrogens with zero attached hydrogens (tertiary/aromatic N) is 3. The fourth-order valence-electron chi connectivity index (χ4n) is 1.95. The average molecular weight is 390 g/mol. The number of benzene rings is 2. The smallest absolute Gasteiger partial charge is 0.256 e. The van der Waals surface area contributed by atoms with Gasteiger partial charge >= 0.3 is 0 Å². The van der Waals surface area contributed by atoms with Crippen molar-refractivity contribution in [2.24, 2.45) is 0 Å². The molecule has 2 aromatic carbocycles.